The quantitative estimate of drug-likeness (QED) is 0.845. The molecule has 1 aromatic rings. The summed E-state index contributed by atoms with van der Waals surface area (Å²) in [7, 11) is 0. The van der Waals surface area contributed by atoms with Crippen molar-refractivity contribution in [2.24, 2.45) is 0 Å². The van der Waals surface area contributed by atoms with Gasteiger partial charge < -0.3 is 14.9 Å². The summed E-state index contributed by atoms with van der Waals surface area (Å²) in [5, 5.41) is 20.9. The summed E-state index contributed by atoms with van der Waals surface area (Å²) in [4.78, 5) is 11.5. The van der Waals surface area contributed by atoms with E-state index in [-0.39, 0.29) is 11.7 Å². The molecule has 2 N–H and O–H groups in total. The third-order valence-corrected chi connectivity index (χ3v) is 3.96. The minimum Gasteiger partial charge on any atom is -0.478 e. The second-order valence-electron chi connectivity index (χ2n) is 3.99. The predicted molar refractivity (Wildman–Crippen MR) is 59.8 cm³/mol. The maximum absolute atomic E-state index is 10.9. The standard InChI is InChI=1S/C11H14O4S/c1-2-15-7-5-11(14,6-7)9-8(10(12)13)3-4-16-9/h3-4,7,14H,2,5-6H2,1H3,(H,12,13). The monoisotopic (exact) mass is 242 g/mol. The highest BCUT2D eigenvalue weighted by atomic mass is 32.1. The smallest absolute Gasteiger partial charge is 0.336 e. The van der Waals surface area contributed by atoms with Gasteiger partial charge >= 0.3 is 5.97 Å². The Morgan fingerprint density at radius 3 is 2.94 bits per heavy atom. The van der Waals surface area contributed by atoms with Crippen molar-refractivity contribution in [2.45, 2.75) is 31.5 Å². The van der Waals surface area contributed by atoms with Crippen LogP contribution < -0.4 is 0 Å². The molecule has 1 aliphatic carbocycles. The second kappa shape index (κ2) is 4.16. The molecule has 0 unspecified atom stereocenters. The summed E-state index contributed by atoms with van der Waals surface area (Å²) in [6.45, 7) is 2.53. The minimum absolute atomic E-state index is 0.0544. The normalized spacial score (nSPS) is 28.8. The summed E-state index contributed by atoms with van der Waals surface area (Å²) in [6, 6.07) is 1.54. The zero-order valence-corrected chi connectivity index (χ0v) is 9.79. The van der Waals surface area contributed by atoms with E-state index in [2.05, 4.69) is 0 Å². The summed E-state index contributed by atoms with van der Waals surface area (Å²) < 4.78 is 5.37. The molecule has 2 rings (SSSR count). The van der Waals surface area contributed by atoms with E-state index in [1.807, 2.05) is 6.92 Å². The lowest BCUT2D eigenvalue weighted by atomic mass is 9.75. The first-order valence-corrected chi connectivity index (χ1v) is 6.10. The van der Waals surface area contributed by atoms with Gasteiger partial charge in [0.2, 0.25) is 0 Å². The molecule has 0 aromatic carbocycles. The van der Waals surface area contributed by atoms with Gasteiger partial charge in [-0.05, 0) is 18.4 Å². The van der Waals surface area contributed by atoms with Crippen molar-refractivity contribution in [3.63, 3.8) is 0 Å². The number of ether oxygens (including phenoxy) is 1. The number of aliphatic hydroxyl groups is 1. The summed E-state index contributed by atoms with van der Waals surface area (Å²) >= 11 is 1.29. The van der Waals surface area contributed by atoms with Crippen LogP contribution in [0.2, 0.25) is 0 Å². The van der Waals surface area contributed by atoms with Crippen LogP contribution in [0, 0.1) is 0 Å². The van der Waals surface area contributed by atoms with E-state index >= 15 is 0 Å². The zero-order chi connectivity index (χ0) is 11.8. The SMILES string of the molecule is CCOC1CC(O)(c2sccc2C(=O)O)C1. The molecule has 0 spiro atoms. The molecule has 0 saturated heterocycles. The number of carboxylic acid groups (broad SMARTS) is 1. The molecule has 1 fully saturated rings. The van der Waals surface area contributed by atoms with Crippen LogP contribution in [0.25, 0.3) is 0 Å². The molecule has 88 valence electrons. The van der Waals surface area contributed by atoms with Crippen LogP contribution in [0.4, 0.5) is 0 Å². The van der Waals surface area contributed by atoms with Crippen molar-refractivity contribution in [2.75, 3.05) is 6.61 Å². The summed E-state index contributed by atoms with van der Waals surface area (Å²) in [6.07, 6.45) is 1.03. The van der Waals surface area contributed by atoms with Gasteiger partial charge in [0.05, 0.1) is 16.5 Å². The van der Waals surface area contributed by atoms with Crippen molar-refractivity contribution < 1.29 is 19.7 Å². The van der Waals surface area contributed by atoms with Gasteiger partial charge in [-0.25, -0.2) is 4.79 Å². The van der Waals surface area contributed by atoms with Gasteiger partial charge in [-0.3, -0.25) is 0 Å². The molecule has 4 nitrogen and oxygen atoms in total. The third kappa shape index (κ3) is 1.86. The van der Waals surface area contributed by atoms with Crippen molar-refractivity contribution in [3.8, 4) is 0 Å². The van der Waals surface area contributed by atoms with E-state index in [9.17, 15) is 9.90 Å². The van der Waals surface area contributed by atoms with Crippen molar-refractivity contribution in [1.29, 1.82) is 0 Å². The molecule has 0 amide bonds. The molecule has 16 heavy (non-hydrogen) atoms. The first kappa shape index (κ1) is 11.6. The Morgan fingerprint density at radius 1 is 1.69 bits per heavy atom. The Hall–Kier alpha value is -0.910. The lowest BCUT2D eigenvalue weighted by Crippen LogP contribution is -2.46. The second-order valence-corrected chi connectivity index (χ2v) is 4.90. The maximum Gasteiger partial charge on any atom is 0.336 e. The Morgan fingerprint density at radius 2 is 2.38 bits per heavy atom. The Bertz CT molecular complexity index is 392. The van der Waals surface area contributed by atoms with Gasteiger partial charge in [-0.1, -0.05) is 0 Å². The van der Waals surface area contributed by atoms with E-state index in [0.29, 0.717) is 24.3 Å². The fourth-order valence-electron chi connectivity index (χ4n) is 2.07. The van der Waals surface area contributed by atoms with E-state index in [4.69, 9.17) is 9.84 Å². The number of thiophene rings is 1. The van der Waals surface area contributed by atoms with Gasteiger partial charge in [0.15, 0.2) is 0 Å². The van der Waals surface area contributed by atoms with E-state index in [0.717, 1.165) is 0 Å². The van der Waals surface area contributed by atoms with E-state index < -0.39 is 11.6 Å². The fourth-order valence-corrected chi connectivity index (χ4v) is 3.08. The van der Waals surface area contributed by atoms with Gasteiger partial charge in [0, 0.05) is 19.4 Å². The Labute approximate surface area is 97.5 Å². The third-order valence-electron chi connectivity index (χ3n) is 2.85. The Balaban J connectivity index is 2.14. The average Bonchev–Trinajstić information content (AvgIpc) is 2.64. The van der Waals surface area contributed by atoms with Crippen molar-refractivity contribution in [3.05, 3.63) is 21.9 Å². The number of rotatable bonds is 4. The van der Waals surface area contributed by atoms with Crippen LogP contribution in [-0.4, -0.2) is 28.9 Å². The maximum atomic E-state index is 10.9. The number of hydrogen-bond donors (Lipinski definition) is 2. The zero-order valence-electron chi connectivity index (χ0n) is 8.97. The summed E-state index contributed by atoms with van der Waals surface area (Å²) in [5.74, 6) is -0.982. The molecule has 1 aliphatic rings. The number of hydrogen-bond acceptors (Lipinski definition) is 4. The lowest BCUT2D eigenvalue weighted by molar-refractivity contribution is -0.141. The predicted octanol–water partition coefficient (Wildman–Crippen LogP) is 1.83. The number of carboxylic acids is 1. The van der Waals surface area contributed by atoms with Crippen LogP contribution in [0.5, 0.6) is 0 Å². The lowest BCUT2D eigenvalue weighted by Gasteiger charge is -2.42. The van der Waals surface area contributed by atoms with Crippen LogP contribution >= 0.6 is 11.3 Å². The van der Waals surface area contributed by atoms with Crippen LogP contribution in [0.3, 0.4) is 0 Å². The molecule has 0 radical (unpaired) electrons. The van der Waals surface area contributed by atoms with E-state index in [1.165, 1.54) is 17.4 Å². The highest BCUT2D eigenvalue weighted by molar-refractivity contribution is 7.10. The molecular weight excluding hydrogens is 228 g/mol. The van der Waals surface area contributed by atoms with E-state index in [1.54, 1.807) is 5.38 Å². The van der Waals surface area contributed by atoms with Crippen molar-refractivity contribution in [1.82, 2.24) is 0 Å². The first-order valence-electron chi connectivity index (χ1n) is 5.22. The minimum atomic E-state index is -0.998. The van der Waals surface area contributed by atoms with Gasteiger partial charge in [-0.15, -0.1) is 11.3 Å². The molecule has 1 aromatic heterocycles. The van der Waals surface area contributed by atoms with Gasteiger partial charge in [0.25, 0.3) is 0 Å². The van der Waals surface area contributed by atoms with Crippen molar-refractivity contribution >= 4 is 17.3 Å². The molecular formula is C11H14O4S. The topological polar surface area (TPSA) is 66.8 Å². The number of aromatic carboxylic acids is 1. The van der Waals surface area contributed by atoms with Crippen LogP contribution in [0.1, 0.15) is 35.0 Å². The molecule has 1 heterocycles. The van der Waals surface area contributed by atoms with Crippen LogP contribution in [-0.2, 0) is 10.3 Å². The highest BCUT2D eigenvalue weighted by Gasteiger charge is 2.47. The molecule has 0 atom stereocenters. The van der Waals surface area contributed by atoms with Crippen LogP contribution in [0.15, 0.2) is 11.4 Å². The number of carbonyl (C=O) groups is 1. The highest BCUT2D eigenvalue weighted by Crippen LogP contribution is 2.46. The van der Waals surface area contributed by atoms with Gasteiger partial charge in [0.1, 0.15) is 5.60 Å². The summed E-state index contributed by atoms with van der Waals surface area (Å²) in [5.41, 5.74) is -0.788. The molecule has 0 aliphatic heterocycles. The van der Waals surface area contributed by atoms with Gasteiger partial charge in [-0.2, -0.15) is 0 Å². The molecule has 5 heteroatoms. The average molecular weight is 242 g/mol. The largest absolute Gasteiger partial charge is 0.478 e. The molecule has 0 bridgehead atoms. The first-order chi connectivity index (χ1) is 7.57. The molecule has 1 saturated carbocycles. The Kier molecular flexibility index (Phi) is 3.01. The fraction of sp³-hybridized carbons (Fsp3) is 0.545.